The molecule has 0 saturated heterocycles. The number of carbonyl (C=O) groups is 1. The monoisotopic (exact) mass is 302 g/mol. The molecule has 22 heavy (non-hydrogen) atoms. The Balaban J connectivity index is 1.84. The Kier molecular flexibility index (Phi) is 5.82. The highest BCUT2D eigenvalue weighted by molar-refractivity contribution is 5.80. The fourth-order valence-corrected chi connectivity index (χ4v) is 2.21. The van der Waals surface area contributed by atoms with Crippen molar-refractivity contribution in [3.05, 3.63) is 42.0 Å². The lowest BCUT2D eigenvalue weighted by atomic mass is 10.2. The molecule has 0 unspecified atom stereocenters. The molecule has 0 bridgehead atoms. The summed E-state index contributed by atoms with van der Waals surface area (Å²) in [7, 11) is 1.75. The number of ether oxygens (including phenoxy) is 1. The molecular weight excluding hydrogens is 280 g/mol. The van der Waals surface area contributed by atoms with E-state index in [1.54, 1.807) is 13.1 Å². The molecule has 0 aliphatic heterocycles. The number of nitrogens with one attached hydrogen (secondary N) is 2. The molecule has 1 aromatic rings. The van der Waals surface area contributed by atoms with E-state index >= 15 is 0 Å². The molecule has 2 rings (SSSR count). The number of amides is 1. The molecule has 0 atom stereocenters. The van der Waals surface area contributed by atoms with Crippen LogP contribution >= 0.6 is 0 Å². The Morgan fingerprint density at radius 3 is 2.86 bits per heavy atom. The van der Waals surface area contributed by atoms with Crippen LogP contribution < -0.4 is 21.1 Å². The van der Waals surface area contributed by atoms with Gasteiger partial charge in [0.05, 0.1) is 0 Å². The Labute approximate surface area is 130 Å². The summed E-state index contributed by atoms with van der Waals surface area (Å²) >= 11 is 0. The van der Waals surface area contributed by atoms with Crippen molar-refractivity contribution in [2.45, 2.75) is 25.4 Å². The number of benzene rings is 1. The maximum absolute atomic E-state index is 10.7. The first-order valence-corrected chi connectivity index (χ1v) is 7.29. The standard InChI is InChI=1S/C16H22N4O2/c1-18-16(20-13-6-2-3-7-13)19-10-12-5-4-8-14(9-12)22-11-15(17)21/h2-5,8-9,13H,6-7,10-11H2,1H3,(H2,17,21)(H2,18,19,20). The average molecular weight is 302 g/mol. The van der Waals surface area contributed by atoms with E-state index in [0.717, 1.165) is 24.4 Å². The van der Waals surface area contributed by atoms with Gasteiger partial charge in [0, 0.05) is 19.6 Å². The van der Waals surface area contributed by atoms with Gasteiger partial charge in [-0.05, 0) is 30.5 Å². The first-order valence-electron chi connectivity index (χ1n) is 7.29. The largest absolute Gasteiger partial charge is 0.484 e. The zero-order chi connectivity index (χ0) is 15.8. The molecule has 6 nitrogen and oxygen atoms in total. The normalized spacial score (nSPS) is 14.9. The van der Waals surface area contributed by atoms with E-state index in [0.29, 0.717) is 18.3 Å². The Bertz CT molecular complexity index is 561. The van der Waals surface area contributed by atoms with Crippen LogP contribution in [0.4, 0.5) is 0 Å². The molecule has 1 aliphatic rings. The van der Waals surface area contributed by atoms with Gasteiger partial charge in [0.15, 0.2) is 12.6 Å². The predicted molar refractivity (Wildman–Crippen MR) is 86.6 cm³/mol. The molecule has 1 aromatic carbocycles. The number of guanidine groups is 1. The first-order chi connectivity index (χ1) is 10.7. The summed E-state index contributed by atoms with van der Waals surface area (Å²) in [5.41, 5.74) is 6.10. The summed E-state index contributed by atoms with van der Waals surface area (Å²) in [5.74, 6) is 0.913. The molecule has 4 N–H and O–H groups in total. The van der Waals surface area contributed by atoms with Gasteiger partial charge in [-0.15, -0.1) is 0 Å². The summed E-state index contributed by atoms with van der Waals surface area (Å²) in [6.45, 7) is 0.502. The number of nitrogens with two attached hydrogens (primary N) is 1. The number of hydrogen-bond acceptors (Lipinski definition) is 3. The number of carbonyl (C=O) groups excluding carboxylic acids is 1. The highest BCUT2D eigenvalue weighted by atomic mass is 16.5. The second-order valence-corrected chi connectivity index (χ2v) is 5.11. The van der Waals surface area contributed by atoms with Crippen molar-refractivity contribution in [3.8, 4) is 5.75 Å². The van der Waals surface area contributed by atoms with Gasteiger partial charge >= 0.3 is 0 Å². The minimum absolute atomic E-state index is 0.116. The summed E-state index contributed by atoms with van der Waals surface area (Å²) in [5, 5.41) is 6.64. The van der Waals surface area contributed by atoms with Crippen molar-refractivity contribution in [1.29, 1.82) is 0 Å². The predicted octanol–water partition coefficient (Wildman–Crippen LogP) is 0.934. The Morgan fingerprint density at radius 1 is 1.41 bits per heavy atom. The van der Waals surface area contributed by atoms with Crippen molar-refractivity contribution >= 4 is 11.9 Å². The third-order valence-electron chi connectivity index (χ3n) is 3.31. The molecule has 1 amide bonds. The number of rotatable bonds is 6. The van der Waals surface area contributed by atoms with Gasteiger partial charge in [0.2, 0.25) is 0 Å². The van der Waals surface area contributed by atoms with E-state index in [-0.39, 0.29) is 6.61 Å². The minimum atomic E-state index is -0.488. The van der Waals surface area contributed by atoms with Gasteiger partial charge in [-0.3, -0.25) is 9.79 Å². The molecule has 0 saturated carbocycles. The van der Waals surface area contributed by atoms with E-state index in [1.807, 2.05) is 18.2 Å². The molecule has 1 aliphatic carbocycles. The van der Waals surface area contributed by atoms with Crippen LogP contribution in [0.25, 0.3) is 0 Å². The van der Waals surface area contributed by atoms with Crippen molar-refractivity contribution in [2.75, 3.05) is 13.7 Å². The zero-order valence-corrected chi connectivity index (χ0v) is 12.7. The van der Waals surface area contributed by atoms with Gasteiger partial charge in [-0.1, -0.05) is 24.3 Å². The topological polar surface area (TPSA) is 88.7 Å². The molecular formula is C16H22N4O2. The lowest BCUT2D eigenvalue weighted by Gasteiger charge is -2.17. The Morgan fingerprint density at radius 2 is 2.18 bits per heavy atom. The van der Waals surface area contributed by atoms with Crippen LogP contribution in [-0.2, 0) is 11.3 Å². The maximum Gasteiger partial charge on any atom is 0.255 e. The number of primary amides is 1. The molecule has 0 aromatic heterocycles. The first kappa shape index (κ1) is 15.9. The lowest BCUT2D eigenvalue weighted by Crippen LogP contribution is -2.42. The summed E-state index contributed by atoms with van der Waals surface area (Å²) in [6.07, 6.45) is 6.39. The van der Waals surface area contributed by atoms with Crippen LogP contribution in [0.2, 0.25) is 0 Å². The molecule has 6 heteroatoms. The third-order valence-corrected chi connectivity index (χ3v) is 3.31. The number of aliphatic imine (C=N–C) groups is 1. The third kappa shape index (κ3) is 5.12. The second kappa shape index (κ2) is 8.07. The quantitative estimate of drug-likeness (QED) is 0.414. The van der Waals surface area contributed by atoms with E-state index in [9.17, 15) is 4.79 Å². The zero-order valence-electron chi connectivity index (χ0n) is 12.7. The average Bonchev–Trinajstić information content (AvgIpc) is 3.03. The molecule has 118 valence electrons. The highest BCUT2D eigenvalue weighted by Crippen LogP contribution is 2.13. The SMILES string of the molecule is CN=C(NCc1cccc(OCC(N)=O)c1)NC1CC=CC1. The van der Waals surface area contributed by atoms with Crippen LogP contribution in [0, 0.1) is 0 Å². The molecule has 0 spiro atoms. The van der Waals surface area contributed by atoms with Crippen LogP contribution in [0.15, 0.2) is 41.4 Å². The van der Waals surface area contributed by atoms with Crippen LogP contribution in [0.1, 0.15) is 18.4 Å². The molecule has 0 fully saturated rings. The Hall–Kier alpha value is -2.50. The van der Waals surface area contributed by atoms with Gasteiger partial charge in [-0.25, -0.2) is 0 Å². The van der Waals surface area contributed by atoms with Crippen molar-refractivity contribution < 1.29 is 9.53 Å². The fraction of sp³-hybridized carbons (Fsp3) is 0.375. The smallest absolute Gasteiger partial charge is 0.255 e. The lowest BCUT2D eigenvalue weighted by molar-refractivity contribution is -0.119. The van der Waals surface area contributed by atoms with Crippen LogP contribution in [-0.4, -0.2) is 31.6 Å². The van der Waals surface area contributed by atoms with Crippen LogP contribution in [0.5, 0.6) is 5.75 Å². The fourth-order valence-electron chi connectivity index (χ4n) is 2.21. The molecule has 0 heterocycles. The maximum atomic E-state index is 10.7. The van der Waals surface area contributed by atoms with Gasteiger partial charge in [-0.2, -0.15) is 0 Å². The highest BCUT2D eigenvalue weighted by Gasteiger charge is 2.11. The summed E-state index contributed by atoms with van der Waals surface area (Å²) < 4.78 is 5.29. The summed E-state index contributed by atoms with van der Waals surface area (Å²) in [4.78, 5) is 15.0. The van der Waals surface area contributed by atoms with Gasteiger partial charge in [0.25, 0.3) is 5.91 Å². The number of nitrogens with zero attached hydrogens (tertiary/aromatic N) is 1. The van der Waals surface area contributed by atoms with Crippen molar-refractivity contribution in [3.63, 3.8) is 0 Å². The second-order valence-electron chi connectivity index (χ2n) is 5.11. The van der Waals surface area contributed by atoms with Crippen LogP contribution in [0.3, 0.4) is 0 Å². The van der Waals surface area contributed by atoms with E-state index in [2.05, 4.69) is 27.8 Å². The van der Waals surface area contributed by atoms with E-state index < -0.39 is 5.91 Å². The number of hydrogen-bond donors (Lipinski definition) is 3. The molecule has 0 radical (unpaired) electrons. The van der Waals surface area contributed by atoms with Gasteiger partial charge < -0.3 is 21.1 Å². The van der Waals surface area contributed by atoms with E-state index in [4.69, 9.17) is 10.5 Å². The minimum Gasteiger partial charge on any atom is -0.484 e. The van der Waals surface area contributed by atoms with Gasteiger partial charge in [0.1, 0.15) is 5.75 Å². The van der Waals surface area contributed by atoms with E-state index in [1.165, 1.54) is 0 Å². The van der Waals surface area contributed by atoms with Crippen molar-refractivity contribution in [2.24, 2.45) is 10.7 Å². The summed E-state index contributed by atoms with van der Waals surface area (Å²) in [6, 6.07) is 7.94. The van der Waals surface area contributed by atoms with Crippen molar-refractivity contribution in [1.82, 2.24) is 10.6 Å².